The molecule has 3 heterocycles. The maximum absolute atomic E-state index is 4.43. The van der Waals surface area contributed by atoms with Crippen molar-refractivity contribution in [2.24, 2.45) is 0 Å². The van der Waals surface area contributed by atoms with Crippen LogP contribution in [0.15, 0.2) is 24.5 Å². The summed E-state index contributed by atoms with van der Waals surface area (Å²) in [6.45, 7) is 2.18. The van der Waals surface area contributed by atoms with E-state index >= 15 is 0 Å². The van der Waals surface area contributed by atoms with Gasteiger partial charge in [-0.3, -0.25) is 10.00 Å². The van der Waals surface area contributed by atoms with E-state index in [0.29, 0.717) is 6.04 Å². The minimum Gasteiger partial charge on any atom is -0.361 e. The van der Waals surface area contributed by atoms with Gasteiger partial charge in [0.05, 0.1) is 17.9 Å². The molecule has 2 aromatic heterocycles. The summed E-state index contributed by atoms with van der Waals surface area (Å²) in [5.41, 5.74) is 2.35. The largest absolute Gasteiger partial charge is 0.361 e. The van der Waals surface area contributed by atoms with Gasteiger partial charge in [0.1, 0.15) is 0 Å². The zero-order valence-electron chi connectivity index (χ0n) is 12.7. The predicted molar refractivity (Wildman–Crippen MR) is 82.2 cm³/mol. The summed E-state index contributed by atoms with van der Waals surface area (Å²) in [5, 5.41) is 15.6. The van der Waals surface area contributed by atoms with Gasteiger partial charge >= 0.3 is 0 Å². The van der Waals surface area contributed by atoms with E-state index in [0.717, 1.165) is 31.0 Å². The predicted octanol–water partition coefficient (Wildman–Crippen LogP) is 1.65. The van der Waals surface area contributed by atoms with E-state index in [1.165, 1.54) is 18.4 Å². The molecule has 0 radical (unpaired) electrons. The minimum absolute atomic E-state index is 0.403. The normalized spacial score (nSPS) is 19.0. The van der Waals surface area contributed by atoms with Crippen LogP contribution < -0.4 is 4.90 Å². The van der Waals surface area contributed by atoms with Gasteiger partial charge in [0.2, 0.25) is 0 Å². The van der Waals surface area contributed by atoms with Crippen LogP contribution >= 0.6 is 0 Å². The third-order valence-corrected chi connectivity index (χ3v) is 4.08. The zero-order chi connectivity index (χ0) is 14.7. The highest BCUT2D eigenvalue weighted by molar-refractivity contribution is 5.35. The van der Waals surface area contributed by atoms with Crippen LogP contribution in [-0.2, 0) is 6.42 Å². The van der Waals surface area contributed by atoms with Gasteiger partial charge in [-0.05, 0) is 43.5 Å². The fourth-order valence-electron chi connectivity index (χ4n) is 2.87. The smallest absolute Gasteiger partial charge is 0.150 e. The molecule has 0 saturated carbocycles. The maximum atomic E-state index is 4.43. The average Bonchev–Trinajstić information content (AvgIpc) is 3.16. The lowest BCUT2D eigenvalue weighted by Crippen LogP contribution is -2.26. The second-order valence-corrected chi connectivity index (χ2v) is 5.76. The second-order valence-electron chi connectivity index (χ2n) is 5.76. The van der Waals surface area contributed by atoms with Gasteiger partial charge in [0, 0.05) is 26.8 Å². The number of likely N-dealkylation sites (tertiary alicyclic amines) is 1. The van der Waals surface area contributed by atoms with E-state index in [-0.39, 0.29) is 0 Å². The van der Waals surface area contributed by atoms with Crippen LogP contribution in [0.1, 0.15) is 30.1 Å². The van der Waals surface area contributed by atoms with Crippen molar-refractivity contribution in [1.29, 1.82) is 0 Å². The van der Waals surface area contributed by atoms with Crippen molar-refractivity contribution in [3.8, 4) is 0 Å². The Kier molecular flexibility index (Phi) is 4.15. The fourth-order valence-corrected chi connectivity index (χ4v) is 2.87. The first-order valence-electron chi connectivity index (χ1n) is 7.46. The van der Waals surface area contributed by atoms with Crippen molar-refractivity contribution in [3.05, 3.63) is 35.8 Å². The lowest BCUT2D eigenvalue weighted by atomic mass is 10.1. The van der Waals surface area contributed by atoms with Crippen LogP contribution in [0.5, 0.6) is 0 Å². The number of aromatic nitrogens is 4. The Balaban J connectivity index is 1.65. The molecule has 2 aromatic rings. The van der Waals surface area contributed by atoms with Crippen molar-refractivity contribution < 1.29 is 0 Å². The fraction of sp³-hybridized carbons (Fsp3) is 0.533. The first-order chi connectivity index (χ1) is 10.2. The van der Waals surface area contributed by atoms with E-state index < -0.39 is 0 Å². The quantitative estimate of drug-likeness (QED) is 0.905. The summed E-state index contributed by atoms with van der Waals surface area (Å²) in [4.78, 5) is 4.48. The molecule has 21 heavy (non-hydrogen) atoms. The van der Waals surface area contributed by atoms with Crippen LogP contribution in [0.25, 0.3) is 0 Å². The minimum atomic E-state index is 0.403. The molecule has 6 heteroatoms. The van der Waals surface area contributed by atoms with E-state index in [2.05, 4.69) is 37.4 Å². The summed E-state index contributed by atoms with van der Waals surface area (Å²) in [6, 6.07) is 4.57. The highest BCUT2D eigenvalue weighted by Gasteiger charge is 2.27. The SMILES string of the molecule is CN(C)c1ccc(C2CCCN2CCc2cn[nH]c2)nn1. The molecule has 1 aliphatic heterocycles. The number of anilines is 1. The highest BCUT2D eigenvalue weighted by atomic mass is 15.3. The molecule has 1 aliphatic rings. The summed E-state index contributed by atoms with van der Waals surface area (Å²) in [6.07, 6.45) is 7.29. The lowest BCUT2D eigenvalue weighted by molar-refractivity contribution is 0.255. The third kappa shape index (κ3) is 3.21. The monoisotopic (exact) mass is 286 g/mol. The molecular weight excluding hydrogens is 264 g/mol. The average molecular weight is 286 g/mol. The standard InChI is InChI=1S/C15H22N6/c1-20(2)15-6-5-13(18-19-15)14-4-3-8-21(14)9-7-12-10-16-17-11-12/h5-6,10-11,14H,3-4,7-9H2,1-2H3,(H,16,17). The number of H-pyrrole nitrogens is 1. The van der Waals surface area contributed by atoms with Gasteiger partial charge in [-0.2, -0.15) is 10.2 Å². The topological polar surface area (TPSA) is 60.9 Å². The summed E-state index contributed by atoms with van der Waals surface area (Å²) in [7, 11) is 3.97. The van der Waals surface area contributed by atoms with Gasteiger partial charge < -0.3 is 4.90 Å². The Labute approximate surface area is 125 Å². The summed E-state index contributed by atoms with van der Waals surface area (Å²) < 4.78 is 0. The van der Waals surface area contributed by atoms with Crippen molar-refractivity contribution in [1.82, 2.24) is 25.3 Å². The molecule has 1 fully saturated rings. The molecule has 1 N–H and O–H groups in total. The number of nitrogens with zero attached hydrogens (tertiary/aromatic N) is 5. The number of hydrogen-bond acceptors (Lipinski definition) is 5. The van der Waals surface area contributed by atoms with Crippen LogP contribution in [0, 0.1) is 0 Å². The molecule has 0 bridgehead atoms. The van der Waals surface area contributed by atoms with Gasteiger partial charge in [0.15, 0.2) is 5.82 Å². The highest BCUT2D eigenvalue weighted by Crippen LogP contribution is 2.30. The van der Waals surface area contributed by atoms with Crippen LogP contribution in [0.2, 0.25) is 0 Å². The van der Waals surface area contributed by atoms with Gasteiger partial charge in [0.25, 0.3) is 0 Å². The van der Waals surface area contributed by atoms with E-state index in [1.807, 2.05) is 31.4 Å². The molecule has 6 nitrogen and oxygen atoms in total. The summed E-state index contributed by atoms with van der Waals surface area (Å²) >= 11 is 0. The molecule has 112 valence electrons. The number of nitrogens with one attached hydrogen (secondary N) is 1. The number of aromatic amines is 1. The first kappa shape index (κ1) is 14.0. The Morgan fingerprint density at radius 1 is 1.33 bits per heavy atom. The Hall–Kier alpha value is -1.95. The second kappa shape index (κ2) is 6.22. The van der Waals surface area contributed by atoms with Crippen molar-refractivity contribution in [3.63, 3.8) is 0 Å². The summed E-state index contributed by atoms with van der Waals surface area (Å²) in [5.74, 6) is 0.904. The molecule has 0 amide bonds. The van der Waals surface area contributed by atoms with Crippen molar-refractivity contribution in [2.45, 2.75) is 25.3 Å². The lowest BCUT2D eigenvalue weighted by Gasteiger charge is -2.23. The third-order valence-electron chi connectivity index (χ3n) is 4.08. The van der Waals surface area contributed by atoms with Gasteiger partial charge in [-0.25, -0.2) is 0 Å². The molecule has 3 rings (SSSR count). The van der Waals surface area contributed by atoms with E-state index in [4.69, 9.17) is 0 Å². The van der Waals surface area contributed by atoms with Gasteiger partial charge in [-0.15, -0.1) is 5.10 Å². The van der Waals surface area contributed by atoms with E-state index in [1.54, 1.807) is 0 Å². The van der Waals surface area contributed by atoms with Crippen molar-refractivity contribution >= 4 is 5.82 Å². The molecule has 0 aliphatic carbocycles. The zero-order valence-corrected chi connectivity index (χ0v) is 12.7. The van der Waals surface area contributed by atoms with E-state index in [9.17, 15) is 0 Å². The molecule has 1 unspecified atom stereocenters. The Morgan fingerprint density at radius 2 is 2.24 bits per heavy atom. The van der Waals surface area contributed by atoms with Gasteiger partial charge in [-0.1, -0.05) is 0 Å². The molecular formula is C15H22N6. The number of hydrogen-bond donors (Lipinski definition) is 1. The maximum Gasteiger partial charge on any atom is 0.150 e. The Morgan fingerprint density at radius 3 is 2.90 bits per heavy atom. The molecule has 0 aromatic carbocycles. The van der Waals surface area contributed by atoms with Crippen LogP contribution in [0.4, 0.5) is 5.82 Å². The van der Waals surface area contributed by atoms with Crippen molar-refractivity contribution in [2.75, 3.05) is 32.1 Å². The molecule has 0 spiro atoms. The molecule has 1 atom stereocenters. The Bertz CT molecular complexity index is 548. The number of rotatable bonds is 5. The van der Waals surface area contributed by atoms with Crippen LogP contribution in [0.3, 0.4) is 0 Å². The first-order valence-corrected chi connectivity index (χ1v) is 7.46. The molecule has 1 saturated heterocycles. The van der Waals surface area contributed by atoms with Crippen LogP contribution in [-0.4, -0.2) is 52.5 Å².